The largest absolute Gasteiger partial charge is 0.478 e. The highest BCUT2D eigenvalue weighted by Crippen LogP contribution is 2.81. The van der Waals surface area contributed by atoms with E-state index in [2.05, 4.69) is 54.2 Å². The number of hydrogen-bond acceptors (Lipinski definition) is 4. The van der Waals surface area contributed by atoms with Crippen molar-refractivity contribution in [1.29, 1.82) is 0 Å². The van der Waals surface area contributed by atoms with Gasteiger partial charge >= 0.3 is 5.97 Å². The van der Waals surface area contributed by atoms with Crippen molar-refractivity contribution in [3.63, 3.8) is 0 Å². The van der Waals surface area contributed by atoms with Gasteiger partial charge in [-0.05, 0) is 105 Å². The zero-order valence-corrected chi connectivity index (χ0v) is 34.2. The average molecular weight is 756 g/mol. The van der Waals surface area contributed by atoms with Crippen LogP contribution < -0.4 is 0 Å². The molecule has 1 N–H and O–H groups in total. The summed E-state index contributed by atoms with van der Waals surface area (Å²) in [5.41, 5.74) is 1.50. The molecule has 9 atom stereocenters. The number of benzene rings is 1. The first-order valence-corrected chi connectivity index (χ1v) is 22.1. The van der Waals surface area contributed by atoms with E-state index in [4.69, 9.17) is 22.8 Å². The number of allylic oxidation sites excluding steroid dienone is 2. The molecule has 5 fully saturated rings. The van der Waals surface area contributed by atoms with Crippen LogP contribution in [0.5, 0.6) is 0 Å². The molecule has 0 aromatic heterocycles. The molecular formula is C45H61N3O5S+2. The molecule has 5 aliphatic carbocycles. The highest BCUT2D eigenvalue weighted by atomic mass is 32.2. The first-order valence-electron chi connectivity index (χ1n) is 20.3. The molecule has 0 radical (unpaired) electrons. The van der Waals surface area contributed by atoms with Crippen molar-refractivity contribution in [2.75, 3.05) is 24.6 Å². The van der Waals surface area contributed by atoms with Crippen LogP contribution in [0.25, 0.3) is 15.3 Å². The molecule has 0 spiro atoms. The van der Waals surface area contributed by atoms with Gasteiger partial charge in [0.15, 0.2) is 9.84 Å². The molecule has 1 aliphatic heterocycles. The van der Waals surface area contributed by atoms with Crippen molar-refractivity contribution in [1.82, 2.24) is 4.90 Å². The number of carboxylic acids is 1. The van der Waals surface area contributed by atoms with Gasteiger partial charge in [-0.25, -0.2) is 13.2 Å². The molecule has 290 valence electrons. The lowest BCUT2D eigenvalue weighted by atomic mass is 9.29. The SMILES string of the molecule is C#[N+][C@@]12[C@H]3CC[C@@]4([N+]#C)[C@@](C)(CC[C@H]5C(C)(C)C(c6ccc(C(=O)O)cc6)=CC[C@@]54C)[C@]3(C)CC[C@@]1(CCC(=O)N1CCS(=O)(=O)CC1)CC[C@H]2C(=C)C. The fraction of sp³-hybridized carbons (Fsp3) is 0.689. The van der Waals surface area contributed by atoms with E-state index in [1.54, 1.807) is 17.0 Å². The van der Waals surface area contributed by atoms with Gasteiger partial charge in [-0.15, -0.1) is 0 Å². The van der Waals surface area contributed by atoms with Gasteiger partial charge in [-0.1, -0.05) is 74.7 Å². The molecule has 9 heteroatoms. The number of carboxylic acid groups (broad SMARTS) is 1. The summed E-state index contributed by atoms with van der Waals surface area (Å²) in [4.78, 5) is 37.3. The lowest BCUT2D eigenvalue weighted by Crippen LogP contribution is -2.75. The number of aromatic carboxylic acids is 1. The summed E-state index contributed by atoms with van der Waals surface area (Å²) in [5.74, 6) is -0.272. The quantitative estimate of drug-likeness (QED) is 0.292. The molecule has 1 aromatic carbocycles. The van der Waals surface area contributed by atoms with E-state index in [1.807, 2.05) is 12.1 Å². The van der Waals surface area contributed by atoms with Gasteiger partial charge in [0, 0.05) is 31.8 Å². The average Bonchev–Trinajstić information content (AvgIpc) is 3.46. The Hall–Kier alpha value is -3.43. The van der Waals surface area contributed by atoms with E-state index < -0.39 is 26.9 Å². The minimum Gasteiger partial charge on any atom is -0.478 e. The van der Waals surface area contributed by atoms with Crippen LogP contribution in [0.2, 0.25) is 0 Å². The maximum absolute atomic E-state index is 13.7. The second-order valence-electron chi connectivity index (χ2n) is 19.5. The zero-order chi connectivity index (χ0) is 39.3. The van der Waals surface area contributed by atoms with Crippen molar-refractivity contribution < 1.29 is 23.1 Å². The number of carbonyl (C=O) groups excluding carboxylic acids is 1. The molecule has 1 amide bonds. The van der Waals surface area contributed by atoms with Gasteiger partial charge in [-0.3, -0.25) is 4.79 Å². The smallest absolute Gasteiger partial charge is 0.335 e. The van der Waals surface area contributed by atoms with Crippen LogP contribution in [0.15, 0.2) is 42.5 Å². The standard InChI is InChI=1S/C45H60N3O5S/c1-30(2)33-15-21-43(22-18-37(49)48-26-28-54(52,53)29-27-48)25-24-40(5)36(45(33,43)47-9)17-23-44(46-8)41(6)19-14-34(31-10-12-32(13-11-31)38(50)51)39(3,4)35(41)16-20-42(40,44)7/h8-14,33,35-36H,1,15-29H2,2-7H3/q+1/p+1/t33-,35-,36-,40+,41-,42-,43-,44-,45-/m0/s1. The number of hydrogen-bond donors (Lipinski definition) is 1. The van der Waals surface area contributed by atoms with Crippen LogP contribution in [0.1, 0.15) is 128 Å². The van der Waals surface area contributed by atoms with Crippen LogP contribution in [0.3, 0.4) is 0 Å². The van der Waals surface area contributed by atoms with Crippen molar-refractivity contribution >= 4 is 27.3 Å². The van der Waals surface area contributed by atoms with Crippen LogP contribution in [-0.2, 0) is 14.6 Å². The van der Waals surface area contributed by atoms with E-state index >= 15 is 0 Å². The highest BCUT2D eigenvalue weighted by molar-refractivity contribution is 7.91. The van der Waals surface area contributed by atoms with Crippen molar-refractivity contribution in [3.8, 4) is 13.1 Å². The predicted octanol–water partition coefficient (Wildman–Crippen LogP) is 9.24. The van der Waals surface area contributed by atoms with Crippen molar-refractivity contribution in [2.45, 2.75) is 123 Å². The molecule has 4 saturated carbocycles. The molecular weight excluding hydrogens is 695 g/mol. The minimum atomic E-state index is -3.08. The lowest BCUT2D eigenvalue weighted by Gasteiger charge is -2.70. The Balaban J connectivity index is 1.26. The number of carbonyl (C=O) groups is 2. The van der Waals surface area contributed by atoms with Gasteiger partial charge in [0.05, 0.1) is 39.2 Å². The van der Waals surface area contributed by atoms with Gasteiger partial charge in [0.2, 0.25) is 5.91 Å². The molecule has 1 saturated heterocycles. The van der Waals surface area contributed by atoms with Crippen LogP contribution in [0.4, 0.5) is 0 Å². The summed E-state index contributed by atoms with van der Waals surface area (Å²) in [6.45, 7) is 32.9. The second kappa shape index (κ2) is 12.5. The van der Waals surface area contributed by atoms with E-state index in [0.717, 1.165) is 68.9 Å². The third-order valence-electron chi connectivity index (χ3n) is 17.6. The number of fused-ring (bicyclic) bond motifs is 7. The van der Waals surface area contributed by atoms with E-state index in [0.29, 0.717) is 18.8 Å². The van der Waals surface area contributed by atoms with Gasteiger partial charge in [0.1, 0.15) is 0 Å². The molecule has 1 aromatic rings. The summed E-state index contributed by atoms with van der Waals surface area (Å²) in [5, 5.41) is 9.53. The number of amides is 1. The van der Waals surface area contributed by atoms with E-state index in [9.17, 15) is 23.1 Å². The molecule has 8 nitrogen and oxygen atoms in total. The number of rotatable bonds is 6. The maximum atomic E-state index is 13.7. The molecule has 0 unspecified atom stereocenters. The normalized spacial score (nSPS) is 41.7. The third-order valence-corrected chi connectivity index (χ3v) is 19.2. The van der Waals surface area contributed by atoms with Crippen molar-refractivity contribution in [2.24, 2.45) is 44.8 Å². The molecule has 54 heavy (non-hydrogen) atoms. The molecule has 7 rings (SSSR count). The number of nitrogens with zero attached hydrogens (tertiary/aromatic N) is 3. The van der Waals surface area contributed by atoms with Gasteiger partial charge in [-0.2, -0.15) is 0 Å². The summed E-state index contributed by atoms with van der Waals surface area (Å²) in [6.07, 6.45) is 11.7. The Bertz CT molecular complexity index is 1990. The topological polar surface area (TPSA) is 100 Å². The molecule has 1 heterocycles. The Morgan fingerprint density at radius 2 is 1.54 bits per heavy atom. The van der Waals surface area contributed by atoms with E-state index in [1.165, 1.54) is 5.57 Å². The fourth-order valence-corrected chi connectivity index (χ4v) is 16.0. The first-order chi connectivity index (χ1) is 25.2. The molecule has 6 aliphatic rings. The van der Waals surface area contributed by atoms with Gasteiger partial charge in [0.25, 0.3) is 24.2 Å². The fourth-order valence-electron chi connectivity index (χ4n) is 14.8. The van der Waals surface area contributed by atoms with Crippen molar-refractivity contribution in [3.05, 3.63) is 63.3 Å². The monoisotopic (exact) mass is 755 g/mol. The highest BCUT2D eigenvalue weighted by Gasteiger charge is 2.87. The number of sulfone groups is 1. The third kappa shape index (κ3) is 4.91. The van der Waals surface area contributed by atoms with Crippen LogP contribution in [-0.4, -0.2) is 66.0 Å². The summed E-state index contributed by atoms with van der Waals surface area (Å²) in [6, 6.07) is 7.32. The Labute approximate surface area is 323 Å². The van der Waals surface area contributed by atoms with Gasteiger partial charge < -0.3 is 10.0 Å². The second-order valence-corrected chi connectivity index (χ2v) is 21.8. The lowest BCUT2D eigenvalue weighted by molar-refractivity contribution is -0.224. The predicted molar refractivity (Wildman–Crippen MR) is 215 cm³/mol. The Kier molecular flexibility index (Phi) is 9.02. The summed E-state index contributed by atoms with van der Waals surface area (Å²) >= 11 is 0. The Morgan fingerprint density at radius 3 is 2.13 bits per heavy atom. The minimum absolute atomic E-state index is 0.0323. The van der Waals surface area contributed by atoms with Crippen LogP contribution in [0, 0.1) is 58.0 Å². The first kappa shape index (κ1) is 38.8. The molecule has 0 bridgehead atoms. The summed E-state index contributed by atoms with van der Waals surface area (Å²) < 4.78 is 24.2. The zero-order valence-electron chi connectivity index (χ0n) is 33.4. The van der Waals surface area contributed by atoms with E-state index in [-0.39, 0.29) is 75.0 Å². The summed E-state index contributed by atoms with van der Waals surface area (Å²) in [7, 11) is -3.08. The maximum Gasteiger partial charge on any atom is 0.335 e. The Morgan fingerprint density at radius 1 is 0.889 bits per heavy atom. The van der Waals surface area contributed by atoms with Crippen LogP contribution >= 0.6 is 0 Å².